The number of aliphatic carboxylic acids is 1. The SMILES string of the molecule is CCS(=O)(=O)c1cccc(CC(=O)N(CCc2ccccc2)CC(=O)O)c1. The molecule has 0 radical (unpaired) electrons. The molecule has 0 unspecified atom stereocenters. The van der Waals surface area contributed by atoms with E-state index >= 15 is 0 Å². The predicted molar refractivity (Wildman–Crippen MR) is 102 cm³/mol. The van der Waals surface area contributed by atoms with Crippen molar-refractivity contribution in [2.75, 3.05) is 18.8 Å². The molecule has 1 N–H and O–H groups in total. The highest BCUT2D eigenvalue weighted by Crippen LogP contribution is 2.14. The summed E-state index contributed by atoms with van der Waals surface area (Å²) < 4.78 is 24.0. The molecule has 0 spiro atoms. The zero-order valence-electron chi connectivity index (χ0n) is 15.2. The number of hydrogen-bond donors (Lipinski definition) is 1. The van der Waals surface area contributed by atoms with Crippen LogP contribution in [0.3, 0.4) is 0 Å². The Morgan fingerprint density at radius 3 is 2.30 bits per heavy atom. The first-order valence-corrected chi connectivity index (χ1v) is 10.3. The Kier molecular flexibility index (Phi) is 7.12. The van der Waals surface area contributed by atoms with Gasteiger partial charge in [0.2, 0.25) is 5.91 Å². The molecule has 0 fully saturated rings. The molecule has 0 saturated heterocycles. The lowest BCUT2D eigenvalue weighted by Crippen LogP contribution is -2.38. The number of carboxylic acid groups (broad SMARTS) is 1. The molecule has 0 saturated carbocycles. The Morgan fingerprint density at radius 2 is 1.67 bits per heavy atom. The molecule has 0 aliphatic heterocycles. The maximum absolute atomic E-state index is 12.6. The van der Waals surface area contributed by atoms with Crippen molar-refractivity contribution in [1.82, 2.24) is 4.90 Å². The third-order valence-corrected chi connectivity index (χ3v) is 5.92. The van der Waals surface area contributed by atoms with Gasteiger partial charge in [-0.25, -0.2) is 8.42 Å². The molecule has 0 heterocycles. The van der Waals surface area contributed by atoms with Crippen molar-refractivity contribution in [3.8, 4) is 0 Å². The van der Waals surface area contributed by atoms with Gasteiger partial charge in [0.1, 0.15) is 6.54 Å². The summed E-state index contributed by atoms with van der Waals surface area (Å²) in [5.74, 6) is -1.45. The number of nitrogens with zero attached hydrogens (tertiary/aromatic N) is 1. The Morgan fingerprint density at radius 1 is 1.00 bits per heavy atom. The van der Waals surface area contributed by atoms with Gasteiger partial charge < -0.3 is 10.0 Å². The number of benzene rings is 2. The van der Waals surface area contributed by atoms with Gasteiger partial charge in [0.15, 0.2) is 9.84 Å². The van der Waals surface area contributed by atoms with Gasteiger partial charge in [0.05, 0.1) is 17.1 Å². The normalized spacial score (nSPS) is 11.1. The van der Waals surface area contributed by atoms with Gasteiger partial charge in [-0.15, -0.1) is 0 Å². The summed E-state index contributed by atoms with van der Waals surface area (Å²) in [4.78, 5) is 25.2. The van der Waals surface area contributed by atoms with Gasteiger partial charge in [-0.05, 0) is 29.7 Å². The molecule has 0 atom stereocenters. The van der Waals surface area contributed by atoms with Gasteiger partial charge in [0, 0.05) is 6.54 Å². The predicted octanol–water partition coefficient (Wildman–Crippen LogP) is 2.18. The summed E-state index contributed by atoms with van der Waals surface area (Å²) in [5, 5.41) is 9.11. The van der Waals surface area contributed by atoms with Gasteiger partial charge in [-0.3, -0.25) is 9.59 Å². The third-order valence-electron chi connectivity index (χ3n) is 4.19. The monoisotopic (exact) mass is 389 g/mol. The Bertz CT molecular complexity index is 894. The van der Waals surface area contributed by atoms with Gasteiger partial charge in [-0.2, -0.15) is 0 Å². The lowest BCUT2D eigenvalue weighted by atomic mass is 10.1. The Balaban J connectivity index is 2.11. The number of sulfone groups is 1. The first-order valence-electron chi connectivity index (χ1n) is 8.67. The van der Waals surface area contributed by atoms with Gasteiger partial charge in [0.25, 0.3) is 0 Å². The second-order valence-corrected chi connectivity index (χ2v) is 8.45. The van der Waals surface area contributed by atoms with E-state index in [4.69, 9.17) is 5.11 Å². The van der Waals surface area contributed by atoms with E-state index in [0.717, 1.165) is 5.56 Å². The standard InChI is InChI=1S/C20H23NO5S/c1-2-27(25,26)18-10-6-9-17(13-18)14-19(22)21(15-20(23)24)12-11-16-7-4-3-5-8-16/h3-10,13H,2,11-12,14-15H2,1H3,(H,23,24). The lowest BCUT2D eigenvalue weighted by Gasteiger charge is -2.21. The summed E-state index contributed by atoms with van der Waals surface area (Å²) in [6.45, 7) is 1.45. The van der Waals surface area contributed by atoms with Crippen LogP contribution in [0.1, 0.15) is 18.1 Å². The minimum absolute atomic E-state index is 0.0212. The third kappa shape index (κ3) is 6.21. The van der Waals surface area contributed by atoms with E-state index in [9.17, 15) is 18.0 Å². The van der Waals surface area contributed by atoms with E-state index in [1.165, 1.54) is 17.0 Å². The minimum Gasteiger partial charge on any atom is -0.480 e. The first-order chi connectivity index (χ1) is 12.8. The van der Waals surface area contributed by atoms with E-state index in [1.54, 1.807) is 19.1 Å². The molecule has 0 aliphatic carbocycles. The topological polar surface area (TPSA) is 91.8 Å². The van der Waals surface area contributed by atoms with Crippen LogP contribution >= 0.6 is 0 Å². The van der Waals surface area contributed by atoms with Crippen molar-refractivity contribution in [2.45, 2.75) is 24.7 Å². The zero-order chi connectivity index (χ0) is 19.9. The summed E-state index contributed by atoms with van der Waals surface area (Å²) >= 11 is 0. The average Bonchev–Trinajstić information content (AvgIpc) is 2.65. The first kappa shape index (κ1) is 20.6. The van der Waals surface area contributed by atoms with Crippen molar-refractivity contribution in [3.05, 3.63) is 65.7 Å². The maximum atomic E-state index is 12.6. The van der Waals surface area contributed by atoms with E-state index in [1.807, 2.05) is 30.3 Å². The van der Waals surface area contributed by atoms with Crippen LogP contribution in [0.25, 0.3) is 0 Å². The van der Waals surface area contributed by atoms with Crippen molar-refractivity contribution in [3.63, 3.8) is 0 Å². The van der Waals surface area contributed by atoms with E-state index in [0.29, 0.717) is 12.0 Å². The molecule has 6 nitrogen and oxygen atoms in total. The van der Waals surface area contributed by atoms with Crippen molar-refractivity contribution >= 4 is 21.7 Å². The lowest BCUT2D eigenvalue weighted by molar-refractivity contribution is -0.144. The fourth-order valence-electron chi connectivity index (χ4n) is 2.67. The Labute approximate surface area is 159 Å². The van der Waals surface area contributed by atoms with Gasteiger partial charge >= 0.3 is 5.97 Å². The van der Waals surface area contributed by atoms with Crippen LogP contribution in [0.2, 0.25) is 0 Å². The molecular weight excluding hydrogens is 366 g/mol. The fourth-order valence-corrected chi connectivity index (χ4v) is 3.62. The Hall–Kier alpha value is -2.67. The quantitative estimate of drug-likeness (QED) is 0.710. The summed E-state index contributed by atoms with van der Waals surface area (Å²) in [6, 6.07) is 15.7. The van der Waals surface area contributed by atoms with Crippen LogP contribution in [-0.2, 0) is 32.3 Å². The number of hydrogen-bond acceptors (Lipinski definition) is 4. The van der Waals surface area contributed by atoms with Crippen LogP contribution in [0.5, 0.6) is 0 Å². The molecule has 1 amide bonds. The smallest absolute Gasteiger partial charge is 0.323 e. The van der Waals surface area contributed by atoms with Crippen molar-refractivity contribution in [2.24, 2.45) is 0 Å². The number of carbonyl (C=O) groups excluding carboxylic acids is 1. The highest BCUT2D eigenvalue weighted by Gasteiger charge is 2.18. The zero-order valence-corrected chi connectivity index (χ0v) is 16.0. The van der Waals surface area contributed by atoms with Crippen LogP contribution in [0.4, 0.5) is 0 Å². The van der Waals surface area contributed by atoms with Crippen LogP contribution in [0, 0.1) is 0 Å². The maximum Gasteiger partial charge on any atom is 0.323 e. The van der Waals surface area contributed by atoms with Crippen LogP contribution in [0.15, 0.2) is 59.5 Å². The molecule has 7 heteroatoms. The second kappa shape index (κ2) is 9.32. The fraction of sp³-hybridized carbons (Fsp3) is 0.300. The summed E-state index contributed by atoms with van der Waals surface area (Å²) in [5.41, 5.74) is 1.56. The molecule has 2 aromatic rings. The van der Waals surface area contributed by atoms with Crippen LogP contribution in [-0.4, -0.2) is 49.1 Å². The second-order valence-electron chi connectivity index (χ2n) is 6.17. The van der Waals surface area contributed by atoms with Crippen molar-refractivity contribution in [1.29, 1.82) is 0 Å². The molecule has 27 heavy (non-hydrogen) atoms. The summed E-state index contributed by atoms with van der Waals surface area (Å²) in [7, 11) is -3.36. The van der Waals surface area contributed by atoms with E-state index in [2.05, 4.69) is 0 Å². The largest absolute Gasteiger partial charge is 0.480 e. The number of carbonyl (C=O) groups is 2. The molecule has 2 rings (SSSR count). The van der Waals surface area contributed by atoms with Crippen molar-refractivity contribution < 1.29 is 23.1 Å². The molecule has 0 aromatic heterocycles. The molecule has 144 valence electrons. The highest BCUT2D eigenvalue weighted by molar-refractivity contribution is 7.91. The molecule has 0 aliphatic rings. The number of rotatable bonds is 9. The van der Waals surface area contributed by atoms with E-state index < -0.39 is 22.4 Å². The van der Waals surface area contributed by atoms with Gasteiger partial charge in [-0.1, -0.05) is 49.4 Å². The number of carboxylic acids is 1. The molecule has 0 bridgehead atoms. The van der Waals surface area contributed by atoms with Crippen LogP contribution < -0.4 is 0 Å². The number of amides is 1. The summed E-state index contributed by atoms with van der Waals surface area (Å²) in [6.07, 6.45) is 0.499. The van der Waals surface area contributed by atoms with E-state index in [-0.39, 0.29) is 29.5 Å². The average molecular weight is 389 g/mol. The highest BCUT2D eigenvalue weighted by atomic mass is 32.2. The molecular formula is C20H23NO5S. The minimum atomic E-state index is -3.36. The molecule has 2 aromatic carbocycles.